The zero-order valence-corrected chi connectivity index (χ0v) is 53.0. The number of carbonyl (C=O) groups is 3. The van der Waals surface area contributed by atoms with Gasteiger partial charge in [0.2, 0.25) is 0 Å². The molecule has 81 heavy (non-hydrogen) atoms. The third-order valence-electron chi connectivity index (χ3n) is 14.4. The number of hydrogen-bond acceptors (Lipinski definition) is 6. The van der Waals surface area contributed by atoms with E-state index in [2.05, 4.69) is 142 Å². The van der Waals surface area contributed by atoms with Crippen LogP contribution < -0.4 is 0 Å². The Balaban J connectivity index is 4.25. The van der Waals surface area contributed by atoms with Gasteiger partial charge in [-0.2, -0.15) is 0 Å². The second kappa shape index (κ2) is 68.3. The maximum Gasteiger partial charge on any atom is 0.306 e. The predicted molar refractivity (Wildman–Crippen MR) is 353 cm³/mol. The van der Waals surface area contributed by atoms with Crippen molar-refractivity contribution in [3.05, 3.63) is 122 Å². The molecule has 0 aliphatic heterocycles. The third kappa shape index (κ3) is 66.5. The summed E-state index contributed by atoms with van der Waals surface area (Å²) in [5.74, 6) is -0.927. The van der Waals surface area contributed by atoms with Crippen molar-refractivity contribution in [2.45, 2.75) is 322 Å². The van der Waals surface area contributed by atoms with Gasteiger partial charge in [0.25, 0.3) is 0 Å². The average Bonchev–Trinajstić information content (AvgIpc) is 3.46. The Morgan fingerprint density at radius 2 is 0.481 bits per heavy atom. The molecule has 0 N–H and O–H groups in total. The maximum absolute atomic E-state index is 12.9. The normalized spacial score (nSPS) is 12.9. The van der Waals surface area contributed by atoms with Gasteiger partial charge in [0.15, 0.2) is 6.10 Å². The summed E-state index contributed by atoms with van der Waals surface area (Å²) in [6.07, 6.45) is 95.1. The minimum Gasteiger partial charge on any atom is -0.462 e. The molecule has 0 rings (SSSR count). The fraction of sp³-hybridized carbons (Fsp3) is 0.693. The number of hydrogen-bond donors (Lipinski definition) is 0. The minimum atomic E-state index is -0.800. The second-order valence-corrected chi connectivity index (χ2v) is 22.3. The lowest BCUT2D eigenvalue weighted by Gasteiger charge is -2.18. The van der Waals surface area contributed by atoms with Crippen LogP contribution in [0.4, 0.5) is 0 Å². The highest BCUT2D eigenvalue weighted by Crippen LogP contribution is 2.17. The molecule has 0 aromatic heterocycles. The molecule has 0 saturated carbocycles. The summed E-state index contributed by atoms with van der Waals surface area (Å²) >= 11 is 0. The van der Waals surface area contributed by atoms with Crippen molar-refractivity contribution in [1.29, 1.82) is 0 Å². The van der Waals surface area contributed by atoms with Crippen molar-refractivity contribution in [2.75, 3.05) is 13.2 Å². The molecule has 0 amide bonds. The summed E-state index contributed by atoms with van der Waals surface area (Å²) in [5, 5.41) is 0. The molecule has 0 aliphatic carbocycles. The van der Waals surface area contributed by atoms with E-state index in [1.54, 1.807) is 0 Å². The molecule has 0 aliphatic rings. The smallest absolute Gasteiger partial charge is 0.306 e. The zero-order valence-electron chi connectivity index (χ0n) is 53.0. The summed E-state index contributed by atoms with van der Waals surface area (Å²) in [6, 6.07) is 0. The van der Waals surface area contributed by atoms with Crippen LogP contribution in [0.3, 0.4) is 0 Å². The molecule has 0 aromatic carbocycles. The van der Waals surface area contributed by atoms with E-state index in [9.17, 15) is 14.4 Å². The van der Waals surface area contributed by atoms with Crippen molar-refractivity contribution in [3.63, 3.8) is 0 Å². The zero-order chi connectivity index (χ0) is 58.5. The van der Waals surface area contributed by atoms with Gasteiger partial charge in [0.05, 0.1) is 0 Å². The molecular formula is C75H126O6. The number of unbranched alkanes of at least 4 members (excludes halogenated alkanes) is 30. The van der Waals surface area contributed by atoms with Crippen LogP contribution in [-0.2, 0) is 28.6 Å². The Morgan fingerprint density at radius 1 is 0.259 bits per heavy atom. The van der Waals surface area contributed by atoms with Crippen LogP contribution >= 0.6 is 0 Å². The highest BCUT2D eigenvalue weighted by atomic mass is 16.6. The van der Waals surface area contributed by atoms with Gasteiger partial charge in [0, 0.05) is 19.3 Å². The lowest BCUT2D eigenvalue weighted by molar-refractivity contribution is -0.167. The molecule has 1 unspecified atom stereocenters. The Hall–Kier alpha value is -4.19. The Bertz CT molecular complexity index is 1670. The van der Waals surface area contributed by atoms with E-state index in [1.807, 2.05) is 0 Å². The lowest BCUT2D eigenvalue weighted by atomic mass is 10.0. The number of rotatable bonds is 61. The standard InChI is InChI=1S/C75H126O6/c1-4-7-10-13-16-19-22-25-27-29-31-32-33-34-35-36-37-38-39-40-41-42-44-45-47-50-53-56-59-62-65-68-74(77)80-71-72(70-79-73(76)67-64-61-58-55-52-49-24-21-18-15-12-9-6-3)81-75(78)69-66-63-60-57-54-51-48-46-43-30-28-26-23-20-17-14-11-8-5-2/h7,9-10,12,16-21,25-28,31-32,43,46,49,52,72H,4-6,8,11,13-15,22-24,29-30,33-42,44-45,47-48,50-51,53-71H2,1-3H3/b10-7-,12-9-,19-16-,20-17-,21-18-,27-25-,28-26-,32-31-,46-43-,52-49-. The Labute approximate surface area is 501 Å². The fourth-order valence-electron chi connectivity index (χ4n) is 9.40. The monoisotopic (exact) mass is 1120 g/mol. The molecule has 0 heterocycles. The molecular weight excluding hydrogens is 997 g/mol. The van der Waals surface area contributed by atoms with Gasteiger partial charge >= 0.3 is 17.9 Å². The summed E-state index contributed by atoms with van der Waals surface area (Å²) in [4.78, 5) is 38.3. The van der Waals surface area contributed by atoms with E-state index in [1.165, 1.54) is 141 Å². The lowest BCUT2D eigenvalue weighted by Crippen LogP contribution is -2.30. The van der Waals surface area contributed by atoms with E-state index in [-0.39, 0.29) is 31.1 Å². The molecule has 1 atom stereocenters. The van der Waals surface area contributed by atoms with E-state index in [0.717, 1.165) is 135 Å². The van der Waals surface area contributed by atoms with Gasteiger partial charge in [0.1, 0.15) is 13.2 Å². The molecule has 0 aromatic rings. The fourth-order valence-corrected chi connectivity index (χ4v) is 9.40. The SMILES string of the molecule is CC/C=C\C/C=C\C/C=C\C/C=C\CCCCCCCCCCCCCCCCCCCCC(=O)OCC(COC(=O)CCCCC/C=C\C/C=C\C/C=C\CC)OC(=O)CCCCCCCC/C=C\C/C=C\C/C=C\CCCCC. The number of ether oxygens (including phenoxy) is 3. The van der Waals surface area contributed by atoms with Crippen LogP contribution in [0.2, 0.25) is 0 Å². The van der Waals surface area contributed by atoms with Crippen LogP contribution in [0.5, 0.6) is 0 Å². The first-order valence-electron chi connectivity index (χ1n) is 34.0. The van der Waals surface area contributed by atoms with E-state index < -0.39 is 6.10 Å². The highest BCUT2D eigenvalue weighted by Gasteiger charge is 2.19. The van der Waals surface area contributed by atoms with Crippen LogP contribution in [0, 0.1) is 0 Å². The minimum absolute atomic E-state index is 0.0926. The number of allylic oxidation sites excluding steroid dienone is 20. The number of carbonyl (C=O) groups excluding carboxylic acids is 3. The Morgan fingerprint density at radius 3 is 0.765 bits per heavy atom. The summed E-state index contributed by atoms with van der Waals surface area (Å²) < 4.78 is 16.9. The first kappa shape index (κ1) is 76.8. The van der Waals surface area contributed by atoms with E-state index in [0.29, 0.717) is 19.3 Å². The van der Waals surface area contributed by atoms with Crippen molar-refractivity contribution >= 4 is 17.9 Å². The average molecular weight is 1120 g/mol. The van der Waals surface area contributed by atoms with Crippen LogP contribution in [-0.4, -0.2) is 37.2 Å². The van der Waals surface area contributed by atoms with Gasteiger partial charge in [-0.15, -0.1) is 0 Å². The maximum atomic E-state index is 12.9. The summed E-state index contributed by atoms with van der Waals surface area (Å²) in [6.45, 7) is 6.37. The molecule has 0 saturated heterocycles. The van der Waals surface area contributed by atoms with Gasteiger partial charge in [-0.05, 0) is 128 Å². The van der Waals surface area contributed by atoms with Crippen LogP contribution in [0.25, 0.3) is 0 Å². The summed E-state index contributed by atoms with van der Waals surface area (Å²) in [5.41, 5.74) is 0. The second-order valence-electron chi connectivity index (χ2n) is 22.3. The topological polar surface area (TPSA) is 78.9 Å². The number of esters is 3. The van der Waals surface area contributed by atoms with Crippen LogP contribution in [0.15, 0.2) is 122 Å². The van der Waals surface area contributed by atoms with E-state index >= 15 is 0 Å². The van der Waals surface area contributed by atoms with Gasteiger partial charge < -0.3 is 14.2 Å². The predicted octanol–water partition coefficient (Wildman–Crippen LogP) is 23.6. The molecule has 462 valence electrons. The van der Waals surface area contributed by atoms with E-state index in [4.69, 9.17) is 14.2 Å². The third-order valence-corrected chi connectivity index (χ3v) is 14.4. The van der Waals surface area contributed by atoms with Gasteiger partial charge in [-0.1, -0.05) is 290 Å². The first-order chi connectivity index (χ1) is 40.0. The molecule has 0 fully saturated rings. The largest absolute Gasteiger partial charge is 0.462 e. The first-order valence-corrected chi connectivity index (χ1v) is 34.0. The highest BCUT2D eigenvalue weighted by molar-refractivity contribution is 5.71. The van der Waals surface area contributed by atoms with Gasteiger partial charge in [-0.25, -0.2) is 0 Å². The van der Waals surface area contributed by atoms with Crippen molar-refractivity contribution < 1.29 is 28.6 Å². The molecule has 0 bridgehead atoms. The van der Waals surface area contributed by atoms with Crippen LogP contribution in [0.1, 0.15) is 316 Å². The molecule has 6 heteroatoms. The van der Waals surface area contributed by atoms with Crippen molar-refractivity contribution in [3.8, 4) is 0 Å². The molecule has 0 radical (unpaired) electrons. The summed E-state index contributed by atoms with van der Waals surface area (Å²) in [7, 11) is 0. The van der Waals surface area contributed by atoms with Gasteiger partial charge in [-0.3, -0.25) is 14.4 Å². The Kier molecular flexibility index (Phi) is 64.8. The molecule has 6 nitrogen and oxygen atoms in total. The quantitative estimate of drug-likeness (QED) is 0.0261. The molecule has 0 spiro atoms. The van der Waals surface area contributed by atoms with Crippen molar-refractivity contribution in [2.24, 2.45) is 0 Å². The van der Waals surface area contributed by atoms with Crippen molar-refractivity contribution in [1.82, 2.24) is 0 Å².